The van der Waals surface area contributed by atoms with Crippen molar-refractivity contribution in [3.8, 4) is 5.75 Å². The van der Waals surface area contributed by atoms with Gasteiger partial charge in [0.25, 0.3) is 0 Å². The van der Waals surface area contributed by atoms with Crippen LogP contribution in [0, 0.1) is 0 Å². The number of benzene rings is 1. The maximum absolute atomic E-state index is 5.86. The van der Waals surface area contributed by atoms with Crippen molar-refractivity contribution in [3.63, 3.8) is 0 Å². The minimum absolute atomic E-state index is 0.0893. The van der Waals surface area contributed by atoms with Crippen molar-refractivity contribution in [1.82, 2.24) is 5.32 Å². The molecule has 1 atom stereocenters. The molecule has 0 amide bonds. The molecule has 3 nitrogen and oxygen atoms in total. The standard InChI is InChI=1S/C16H26ClNO2/c1-5-18-14(10-11-16(2,3)19-4)12-20-15-8-6-13(17)7-9-15/h6-9,14,18H,5,10-12H2,1-4H3. The minimum atomic E-state index is -0.0893. The van der Waals surface area contributed by atoms with E-state index in [1.807, 2.05) is 24.3 Å². The maximum atomic E-state index is 5.86. The Hall–Kier alpha value is -0.770. The first-order chi connectivity index (χ1) is 9.46. The van der Waals surface area contributed by atoms with Crippen LogP contribution in [0.2, 0.25) is 5.02 Å². The second kappa shape index (κ2) is 8.50. The molecule has 20 heavy (non-hydrogen) atoms. The SMILES string of the molecule is CCNC(CCC(C)(C)OC)COc1ccc(Cl)cc1. The second-order valence-electron chi connectivity index (χ2n) is 5.52. The Bertz CT molecular complexity index is 379. The predicted octanol–water partition coefficient (Wildman–Crippen LogP) is 3.90. The van der Waals surface area contributed by atoms with Gasteiger partial charge in [-0.15, -0.1) is 0 Å². The van der Waals surface area contributed by atoms with Crippen LogP contribution in [-0.4, -0.2) is 31.9 Å². The molecule has 1 aromatic rings. The normalized spacial score (nSPS) is 13.2. The van der Waals surface area contributed by atoms with Crippen molar-refractivity contribution >= 4 is 11.6 Å². The number of hydrogen-bond acceptors (Lipinski definition) is 3. The summed E-state index contributed by atoms with van der Waals surface area (Å²) in [7, 11) is 1.76. The molecule has 0 spiro atoms. The van der Waals surface area contributed by atoms with Crippen LogP contribution in [0.15, 0.2) is 24.3 Å². The van der Waals surface area contributed by atoms with Gasteiger partial charge >= 0.3 is 0 Å². The fourth-order valence-corrected chi connectivity index (χ4v) is 2.01. The fraction of sp³-hybridized carbons (Fsp3) is 0.625. The average molecular weight is 300 g/mol. The van der Waals surface area contributed by atoms with Gasteiger partial charge in [-0.2, -0.15) is 0 Å². The molecule has 0 saturated heterocycles. The van der Waals surface area contributed by atoms with Crippen molar-refractivity contribution < 1.29 is 9.47 Å². The van der Waals surface area contributed by atoms with Gasteiger partial charge in [-0.25, -0.2) is 0 Å². The summed E-state index contributed by atoms with van der Waals surface area (Å²) in [6, 6.07) is 7.79. The molecule has 1 aromatic carbocycles. The summed E-state index contributed by atoms with van der Waals surface area (Å²) in [6.45, 7) is 7.90. The second-order valence-corrected chi connectivity index (χ2v) is 5.96. The maximum Gasteiger partial charge on any atom is 0.119 e. The molecule has 1 rings (SSSR count). The van der Waals surface area contributed by atoms with Gasteiger partial charge < -0.3 is 14.8 Å². The Labute approximate surface area is 127 Å². The van der Waals surface area contributed by atoms with Crippen LogP contribution < -0.4 is 10.1 Å². The van der Waals surface area contributed by atoms with Crippen molar-refractivity contribution in [3.05, 3.63) is 29.3 Å². The summed E-state index contributed by atoms with van der Waals surface area (Å²) < 4.78 is 11.3. The molecule has 0 aliphatic rings. The molecule has 0 aliphatic heterocycles. The van der Waals surface area contributed by atoms with E-state index < -0.39 is 0 Å². The molecule has 0 fully saturated rings. The number of nitrogens with one attached hydrogen (secondary N) is 1. The van der Waals surface area contributed by atoms with Crippen LogP contribution in [0.3, 0.4) is 0 Å². The Balaban J connectivity index is 2.44. The Morgan fingerprint density at radius 3 is 2.45 bits per heavy atom. The van der Waals surface area contributed by atoms with Gasteiger partial charge in [-0.1, -0.05) is 18.5 Å². The van der Waals surface area contributed by atoms with E-state index in [1.165, 1.54) is 0 Å². The topological polar surface area (TPSA) is 30.5 Å². The fourth-order valence-electron chi connectivity index (χ4n) is 1.88. The van der Waals surface area contributed by atoms with Crippen molar-refractivity contribution in [2.75, 3.05) is 20.3 Å². The minimum Gasteiger partial charge on any atom is -0.492 e. The summed E-state index contributed by atoms with van der Waals surface area (Å²) in [5, 5.41) is 4.18. The van der Waals surface area contributed by atoms with Gasteiger partial charge in [-0.3, -0.25) is 0 Å². The predicted molar refractivity (Wildman–Crippen MR) is 84.7 cm³/mol. The molecular formula is C16H26ClNO2. The van der Waals surface area contributed by atoms with Gasteiger partial charge in [-0.05, 0) is 57.5 Å². The average Bonchev–Trinajstić information content (AvgIpc) is 2.44. The molecule has 0 saturated carbocycles. The Morgan fingerprint density at radius 2 is 1.90 bits per heavy atom. The van der Waals surface area contributed by atoms with Gasteiger partial charge in [0, 0.05) is 18.2 Å². The van der Waals surface area contributed by atoms with Gasteiger partial charge in [0.05, 0.1) is 5.60 Å². The molecule has 0 heterocycles. The first kappa shape index (κ1) is 17.3. The number of rotatable bonds is 9. The van der Waals surface area contributed by atoms with Crippen LogP contribution in [-0.2, 0) is 4.74 Å². The number of hydrogen-bond donors (Lipinski definition) is 1. The molecule has 0 aliphatic carbocycles. The summed E-state index contributed by atoms with van der Waals surface area (Å²) in [4.78, 5) is 0. The Kier molecular flexibility index (Phi) is 7.35. The van der Waals surface area contributed by atoms with E-state index in [0.29, 0.717) is 12.6 Å². The number of likely N-dealkylation sites (N-methyl/N-ethyl adjacent to an activating group) is 1. The van der Waals surface area contributed by atoms with E-state index in [2.05, 4.69) is 26.1 Å². The summed E-state index contributed by atoms with van der Waals surface area (Å²) in [5.74, 6) is 0.850. The zero-order valence-electron chi connectivity index (χ0n) is 12.9. The smallest absolute Gasteiger partial charge is 0.119 e. The molecule has 114 valence electrons. The lowest BCUT2D eigenvalue weighted by atomic mass is 9.99. The quantitative estimate of drug-likeness (QED) is 0.750. The largest absolute Gasteiger partial charge is 0.492 e. The third-order valence-electron chi connectivity index (χ3n) is 3.41. The number of methoxy groups -OCH3 is 1. The lowest BCUT2D eigenvalue weighted by Crippen LogP contribution is -2.36. The van der Waals surface area contributed by atoms with Crippen LogP contribution in [0.25, 0.3) is 0 Å². The molecule has 0 radical (unpaired) electrons. The van der Waals surface area contributed by atoms with Gasteiger partial charge in [0.15, 0.2) is 0 Å². The lowest BCUT2D eigenvalue weighted by Gasteiger charge is -2.26. The zero-order valence-corrected chi connectivity index (χ0v) is 13.7. The van der Waals surface area contributed by atoms with Crippen molar-refractivity contribution in [1.29, 1.82) is 0 Å². The summed E-state index contributed by atoms with van der Waals surface area (Å²) in [5.41, 5.74) is -0.0893. The first-order valence-corrected chi connectivity index (χ1v) is 7.51. The van der Waals surface area contributed by atoms with Gasteiger partial charge in [0.1, 0.15) is 12.4 Å². The highest BCUT2D eigenvalue weighted by Crippen LogP contribution is 2.19. The lowest BCUT2D eigenvalue weighted by molar-refractivity contribution is 0.0106. The summed E-state index contributed by atoms with van der Waals surface area (Å²) in [6.07, 6.45) is 2.01. The molecule has 0 bridgehead atoms. The Morgan fingerprint density at radius 1 is 1.25 bits per heavy atom. The molecular weight excluding hydrogens is 274 g/mol. The monoisotopic (exact) mass is 299 g/mol. The van der Waals surface area contributed by atoms with E-state index in [0.717, 1.165) is 30.2 Å². The summed E-state index contributed by atoms with van der Waals surface area (Å²) >= 11 is 5.86. The highest BCUT2D eigenvalue weighted by molar-refractivity contribution is 6.30. The van der Waals surface area contributed by atoms with Crippen LogP contribution in [0.1, 0.15) is 33.6 Å². The van der Waals surface area contributed by atoms with Crippen molar-refractivity contribution in [2.45, 2.75) is 45.3 Å². The van der Waals surface area contributed by atoms with E-state index in [1.54, 1.807) is 7.11 Å². The third-order valence-corrected chi connectivity index (χ3v) is 3.66. The first-order valence-electron chi connectivity index (χ1n) is 7.13. The number of ether oxygens (including phenoxy) is 2. The zero-order chi connectivity index (χ0) is 15.0. The highest BCUT2D eigenvalue weighted by Gasteiger charge is 2.19. The molecule has 1 N–H and O–H groups in total. The van der Waals surface area contributed by atoms with Crippen LogP contribution in [0.5, 0.6) is 5.75 Å². The van der Waals surface area contributed by atoms with Gasteiger partial charge in [0.2, 0.25) is 0 Å². The molecule has 1 unspecified atom stereocenters. The van der Waals surface area contributed by atoms with E-state index in [9.17, 15) is 0 Å². The van der Waals surface area contributed by atoms with E-state index in [-0.39, 0.29) is 5.60 Å². The third kappa shape index (κ3) is 6.60. The van der Waals surface area contributed by atoms with Crippen molar-refractivity contribution in [2.24, 2.45) is 0 Å². The van der Waals surface area contributed by atoms with Crippen LogP contribution in [0.4, 0.5) is 0 Å². The van der Waals surface area contributed by atoms with Crippen LogP contribution >= 0.6 is 11.6 Å². The van der Waals surface area contributed by atoms with E-state index in [4.69, 9.17) is 21.1 Å². The van der Waals surface area contributed by atoms with E-state index >= 15 is 0 Å². The highest BCUT2D eigenvalue weighted by atomic mass is 35.5. The molecule has 0 aromatic heterocycles. The molecule has 4 heteroatoms. The number of halogens is 1.